The van der Waals surface area contributed by atoms with Crippen LogP contribution in [0.2, 0.25) is 0 Å². The van der Waals surface area contributed by atoms with Crippen LogP contribution in [0.25, 0.3) is 0 Å². The van der Waals surface area contributed by atoms with Gasteiger partial charge < -0.3 is 15.0 Å². The van der Waals surface area contributed by atoms with Gasteiger partial charge in [-0.1, -0.05) is 18.2 Å². The Morgan fingerprint density at radius 2 is 1.70 bits per heavy atom. The fourth-order valence-electron chi connectivity index (χ4n) is 2.01. The molecule has 0 saturated carbocycles. The van der Waals surface area contributed by atoms with Crippen LogP contribution in [-0.4, -0.2) is 32.6 Å². The first-order valence-electron chi connectivity index (χ1n) is 7.27. The molecule has 0 fully saturated rings. The summed E-state index contributed by atoms with van der Waals surface area (Å²) in [6.45, 7) is 1.58. The van der Waals surface area contributed by atoms with E-state index in [9.17, 15) is 9.59 Å². The monoisotopic (exact) mass is 312 g/mol. The molecule has 0 aliphatic carbocycles. The smallest absolute Gasteiger partial charge is 0.338 e. The number of anilines is 2. The number of hydrogen-bond acceptors (Lipinski definition) is 4. The Morgan fingerprint density at radius 3 is 2.30 bits per heavy atom. The maximum Gasteiger partial charge on any atom is 0.338 e. The average molecular weight is 312 g/mol. The lowest BCUT2D eigenvalue weighted by Gasteiger charge is -2.12. The molecule has 120 valence electrons. The van der Waals surface area contributed by atoms with Crippen molar-refractivity contribution in [3.63, 3.8) is 0 Å². The number of carbonyl (C=O) groups excluding carboxylic acids is 2. The van der Waals surface area contributed by atoms with E-state index >= 15 is 0 Å². The molecule has 5 heteroatoms. The van der Waals surface area contributed by atoms with E-state index in [-0.39, 0.29) is 12.5 Å². The van der Waals surface area contributed by atoms with Crippen molar-refractivity contribution in [1.82, 2.24) is 0 Å². The number of carbonyl (C=O) groups is 2. The normalized spacial score (nSPS) is 10.0. The van der Waals surface area contributed by atoms with Crippen molar-refractivity contribution in [1.29, 1.82) is 0 Å². The second-order valence-corrected chi connectivity index (χ2v) is 5.38. The number of para-hydroxylation sites is 1. The quantitative estimate of drug-likeness (QED) is 0.863. The molecule has 1 N–H and O–H groups in total. The number of ether oxygens (including phenoxy) is 1. The third kappa shape index (κ3) is 4.57. The topological polar surface area (TPSA) is 58.6 Å². The molecule has 0 aromatic heterocycles. The van der Waals surface area contributed by atoms with Crippen molar-refractivity contribution in [2.24, 2.45) is 0 Å². The van der Waals surface area contributed by atoms with Crippen LogP contribution in [0, 0.1) is 6.92 Å². The van der Waals surface area contributed by atoms with Crippen LogP contribution >= 0.6 is 0 Å². The maximum atomic E-state index is 11.9. The summed E-state index contributed by atoms with van der Waals surface area (Å²) in [5, 5.41) is 2.72. The van der Waals surface area contributed by atoms with Crippen molar-refractivity contribution >= 4 is 23.3 Å². The number of hydrogen-bond donors (Lipinski definition) is 1. The summed E-state index contributed by atoms with van der Waals surface area (Å²) in [5.41, 5.74) is 3.06. The zero-order valence-corrected chi connectivity index (χ0v) is 13.5. The Morgan fingerprint density at radius 1 is 1.04 bits per heavy atom. The van der Waals surface area contributed by atoms with E-state index in [1.165, 1.54) is 0 Å². The molecule has 0 spiro atoms. The average Bonchev–Trinajstić information content (AvgIpc) is 2.55. The van der Waals surface area contributed by atoms with Gasteiger partial charge >= 0.3 is 5.97 Å². The van der Waals surface area contributed by atoms with Crippen LogP contribution in [0.5, 0.6) is 0 Å². The standard InChI is InChI=1S/C18H20N2O3/c1-13-6-4-5-7-16(13)19-17(21)12-23-18(22)14-8-10-15(11-9-14)20(2)3/h4-11H,12H2,1-3H3,(H,19,21). The Bertz CT molecular complexity index is 694. The molecule has 0 saturated heterocycles. The van der Waals surface area contributed by atoms with Crippen LogP contribution in [0.3, 0.4) is 0 Å². The van der Waals surface area contributed by atoms with Gasteiger partial charge in [0.15, 0.2) is 6.61 Å². The highest BCUT2D eigenvalue weighted by Gasteiger charge is 2.11. The minimum absolute atomic E-state index is 0.317. The van der Waals surface area contributed by atoms with Gasteiger partial charge in [0.2, 0.25) is 0 Å². The summed E-state index contributed by atoms with van der Waals surface area (Å²) in [5.74, 6) is -0.882. The predicted octanol–water partition coefficient (Wildman–Crippen LogP) is 2.86. The molecule has 0 atom stereocenters. The second-order valence-electron chi connectivity index (χ2n) is 5.38. The summed E-state index contributed by atoms with van der Waals surface area (Å²) >= 11 is 0. The zero-order chi connectivity index (χ0) is 16.8. The minimum Gasteiger partial charge on any atom is -0.452 e. The largest absolute Gasteiger partial charge is 0.452 e. The number of esters is 1. The molecule has 2 rings (SSSR count). The molecule has 0 aliphatic rings. The molecule has 0 aliphatic heterocycles. The highest BCUT2D eigenvalue weighted by molar-refractivity contribution is 5.96. The van der Waals surface area contributed by atoms with Gasteiger partial charge in [0.25, 0.3) is 5.91 Å². The van der Waals surface area contributed by atoms with Crippen LogP contribution in [0.15, 0.2) is 48.5 Å². The lowest BCUT2D eigenvalue weighted by Crippen LogP contribution is -2.21. The van der Waals surface area contributed by atoms with E-state index in [4.69, 9.17) is 4.74 Å². The molecule has 0 heterocycles. The van der Waals surface area contributed by atoms with Gasteiger partial charge in [-0.25, -0.2) is 4.79 Å². The molecule has 0 radical (unpaired) electrons. The van der Waals surface area contributed by atoms with Gasteiger partial charge in [0, 0.05) is 25.5 Å². The Kier molecular flexibility index (Phi) is 5.36. The molecule has 1 amide bonds. The van der Waals surface area contributed by atoms with Crippen molar-refractivity contribution in [3.8, 4) is 0 Å². The third-order valence-electron chi connectivity index (χ3n) is 3.37. The van der Waals surface area contributed by atoms with Crippen LogP contribution in [-0.2, 0) is 9.53 Å². The number of amides is 1. The molecule has 0 bridgehead atoms. The highest BCUT2D eigenvalue weighted by atomic mass is 16.5. The maximum absolute atomic E-state index is 11.9. The van der Waals surface area contributed by atoms with E-state index < -0.39 is 5.97 Å². The van der Waals surface area contributed by atoms with Gasteiger partial charge in [-0.05, 0) is 42.8 Å². The molecule has 0 unspecified atom stereocenters. The van der Waals surface area contributed by atoms with Crippen molar-refractivity contribution in [3.05, 3.63) is 59.7 Å². The Balaban J connectivity index is 1.88. The summed E-state index contributed by atoms with van der Waals surface area (Å²) in [6.07, 6.45) is 0. The molecular formula is C18H20N2O3. The van der Waals surface area contributed by atoms with Gasteiger partial charge in [0.05, 0.1) is 5.56 Å². The van der Waals surface area contributed by atoms with E-state index in [0.29, 0.717) is 11.3 Å². The van der Waals surface area contributed by atoms with E-state index in [0.717, 1.165) is 11.3 Å². The number of nitrogens with one attached hydrogen (secondary N) is 1. The number of rotatable bonds is 5. The predicted molar refractivity (Wildman–Crippen MR) is 90.9 cm³/mol. The minimum atomic E-state index is -0.518. The zero-order valence-electron chi connectivity index (χ0n) is 13.5. The SMILES string of the molecule is Cc1ccccc1NC(=O)COC(=O)c1ccc(N(C)C)cc1. The van der Waals surface area contributed by atoms with E-state index in [1.54, 1.807) is 18.2 Å². The number of aryl methyl sites for hydroxylation is 1. The van der Waals surface area contributed by atoms with E-state index in [2.05, 4.69) is 5.32 Å². The Hall–Kier alpha value is -2.82. The first-order valence-corrected chi connectivity index (χ1v) is 7.27. The molecule has 2 aromatic carbocycles. The van der Waals surface area contributed by atoms with Crippen molar-refractivity contribution in [2.45, 2.75) is 6.92 Å². The number of benzene rings is 2. The van der Waals surface area contributed by atoms with Gasteiger partial charge in [-0.3, -0.25) is 4.79 Å². The van der Waals surface area contributed by atoms with Crippen LogP contribution in [0.1, 0.15) is 15.9 Å². The summed E-state index contributed by atoms with van der Waals surface area (Å²) in [6, 6.07) is 14.4. The second kappa shape index (κ2) is 7.45. The van der Waals surface area contributed by atoms with Crippen LogP contribution in [0.4, 0.5) is 11.4 Å². The molecular weight excluding hydrogens is 292 g/mol. The fourth-order valence-corrected chi connectivity index (χ4v) is 2.01. The first kappa shape index (κ1) is 16.5. The summed E-state index contributed by atoms with van der Waals surface area (Å²) < 4.78 is 5.04. The lowest BCUT2D eigenvalue weighted by atomic mass is 10.2. The fraction of sp³-hybridized carbons (Fsp3) is 0.222. The van der Waals surface area contributed by atoms with Gasteiger partial charge in [0.1, 0.15) is 0 Å². The highest BCUT2D eigenvalue weighted by Crippen LogP contribution is 2.14. The molecule has 2 aromatic rings. The first-order chi connectivity index (χ1) is 11.0. The summed E-state index contributed by atoms with van der Waals surface area (Å²) in [4.78, 5) is 25.7. The number of nitrogens with zero attached hydrogens (tertiary/aromatic N) is 1. The molecule has 23 heavy (non-hydrogen) atoms. The summed E-state index contributed by atoms with van der Waals surface area (Å²) in [7, 11) is 3.84. The lowest BCUT2D eigenvalue weighted by molar-refractivity contribution is -0.119. The molecule has 5 nitrogen and oxygen atoms in total. The Labute approximate surface area is 135 Å². The van der Waals surface area contributed by atoms with Crippen molar-refractivity contribution in [2.75, 3.05) is 30.9 Å². The van der Waals surface area contributed by atoms with Gasteiger partial charge in [-0.15, -0.1) is 0 Å². The van der Waals surface area contributed by atoms with E-state index in [1.807, 2.05) is 56.3 Å². The van der Waals surface area contributed by atoms with Crippen LogP contribution < -0.4 is 10.2 Å². The van der Waals surface area contributed by atoms with Gasteiger partial charge in [-0.2, -0.15) is 0 Å². The third-order valence-corrected chi connectivity index (χ3v) is 3.37. The van der Waals surface area contributed by atoms with Crippen molar-refractivity contribution < 1.29 is 14.3 Å².